The highest BCUT2D eigenvalue weighted by Crippen LogP contribution is 2.04. The summed E-state index contributed by atoms with van der Waals surface area (Å²) in [4.78, 5) is 11.3. The van der Waals surface area contributed by atoms with Gasteiger partial charge in [0.25, 0.3) is 0 Å². The predicted octanol–water partition coefficient (Wildman–Crippen LogP) is -1.44. The van der Waals surface area contributed by atoms with Crippen LogP contribution in [-0.2, 0) is 4.79 Å². The number of rotatable bonds is 2. The van der Waals surface area contributed by atoms with Gasteiger partial charge < -0.3 is 5.11 Å². The first-order valence-electron chi connectivity index (χ1n) is 3.88. The summed E-state index contributed by atoms with van der Waals surface area (Å²) in [7, 11) is 1.87. The van der Waals surface area contributed by atoms with E-state index in [2.05, 4.69) is 5.32 Å². The quantitative estimate of drug-likeness (QED) is 0.485. The monoisotopic (exact) mass is 159 g/mol. The van der Waals surface area contributed by atoms with Gasteiger partial charge >= 0.3 is 5.91 Å². The number of carbonyl (C=O) groups excluding carboxylic acids is 1. The van der Waals surface area contributed by atoms with Crippen molar-refractivity contribution >= 4 is 5.91 Å². The first-order valence-corrected chi connectivity index (χ1v) is 3.88. The van der Waals surface area contributed by atoms with E-state index in [1.165, 1.54) is 0 Å². The van der Waals surface area contributed by atoms with E-state index in [1.54, 1.807) is 0 Å². The van der Waals surface area contributed by atoms with Crippen LogP contribution in [0.5, 0.6) is 0 Å². The van der Waals surface area contributed by atoms with Gasteiger partial charge in [0, 0.05) is 6.54 Å². The maximum absolute atomic E-state index is 11.3. The van der Waals surface area contributed by atoms with Crippen LogP contribution in [0.3, 0.4) is 0 Å². The van der Waals surface area contributed by atoms with E-state index < -0.39 is 0 Å². The molecule has 1 fully saturated rings. The van der Waals surface area contributed by atoms with Crippen molar-refractivity contribution < 1.29 is 14.4 Å². The van der Waals surface area contributed by atoms with Crippen molar-refractivity contribution in [2.24, 2.45) is 0 Å². The number of amides is 1. The highest BCUT2D eigenvalue weighted by atomic mass is 16.3. The minimum absolute atomic E-state index is 0.0856. The van der Waals surface area contributed by atoms with E-state index in [9.17, 15) is 4.79 Å². The Hall–Kier alpha value is -0.450. The van der Waals surface area contributed by atoms with E-state index >= 15 is 0 Å². The Bertz CT molecular complexity index is 157. The maximum Gasteiger partial charge on any atom is 0.327 e. The van der Waals surface area contributed by atoms with E-state index in [-0.39, 0.29) is 12.5 Å². The second-order valence-corrected chi connectivity index (χ2v) is 3.14. The minimum atomic E-state index is 0.0856. The van der Waals surface area contributed by atoms with Crippen molar-refractivity contribution in [2.45, 2.75) is 0 Å². The number of likely N-dealkylation sites (N-methyl/N-ethyl adjacent to an activating group) is 1. The number of piperazine rings is 1. The second kappa shape index (κ2) is 3.30. The molecule has 0 bridgehead atoms. The molecule has 1 amide bonds. The molecule has 1 unspecified atom stereocenters. The largest absolute Gasteiger partial charge is 0.390 e. The Kier molecular flexibility index (Phi) is 2.59. The van der Waals surface area contributed by atoms with Crippen molar-refractivity contribution in [1.82, 2.24) is 5.32 Å². The number of nitrogens with one attached hydrogen (secondary N) is 1. The summed E-state index contributed by atoms with van der Waals surface area (Å²) in [5, 5.41) is 11.7. The van der Waals surface area contributed by atoms with Gasteiger partial charge in [-0.15, -0.1) is 0 Å². The van der Waals surface area contributed by atoms with Crippen molar-refractivity contribution in [3.05, 3.63) is 0 Å². The fourth-order valence-corrected chi connectivity index (χ4v) is 1.29. The fraction of sp³-hybridized carbons (Fsp3) is 0.857. The van der Waals surface area contributed by atoms with Crippen LogP contribution in [0.4, 0.5) is 0 Å². The molecule has 4 heteroatoms. The lowest BCUT2D eigenvalue weighted by molar-refractivity contribution is -0.836. The Morgan fingerprint density at radius 2 is 2.45 bits per heavy atom. The Labute approximate surface area is 66.4 Å². The zero-order valence-electron chi connectivity index (χ0n) is 6.84. The number of aliphatic hydroxyl groups excluding tert-OH is 1. The average molecular weight is 159 g/mol. The van der Waals surface area contributed by atoms with Crippen LogP contribution < -0.4 is 5.32 Å². The van der Waals surface area contributed by atoms with Gasteiger partial charge in [-0.1, -0.05) is 0 Å². The standard InChI is InChI=1S/C7H15N2O2/c1-9(4-5-10)3-2-8-6-7(9)11/h8,10H,2-6H2,1H3/q+1. The minimum Gasteiger partial charge on any atom is -0.390 e. The summed E-state index contributed by atoms with van der Waals surface area (Å²) in [5.74, 6) is 0.172. The van der Waals surface area contributed by atoms with E-state index in [0.29, 0.717) is 17.6 Å². The number of aliphatic hydroxyl groups is 1. The second-order valence-electron chi connectivity index (χ2n) is 3.14. The molecule has 0 aromatic carbocycles. The molecule has 1 aliphatic rings. The van der Waals surface area contributed by atoms with Gasteiger partial charge in [0.1, 0.15) is 13.1 Å². The molecule has 0 saturated carbocycles. The Balaban J connectivity index is 2.57. The molecule has 0 aromatic heterocycles. The maximum atomic E-state index is 11.3. The molecule has 0 aliphatic carbocycles. The van der Waals surface area contributed by atoms with Gasteiger partial charge in [-0.05, 0) is 0 Å². The highest BCUT2D eigenvalue weighted by molar-refractivity contribution is 5.71. The molecule has 0 spiro atoms. The van der Waals surface area contributed by atoms with Gasteiger partial charge in [-0.25, -0.2) is 4.79 Å². The third kappa shape index (κ3) is 1.77. The first-order chi connectivity index (χ1) is 5.19. The molecule has 1 heterocycles. The van der Waals surface area contributed by atoms with Gasteiger partial charge in [0.2, 0.25) is 0 Å². The van der Waals surface area contributed by atoms with E-state index in [0.717, 1.165) is 13.1 Å². The summed E-state index contributed by atoms with van der Waals surface area (Å²) >= 11 is 0. The summed E-state index contributed by atoms with van der Waals surface area (Å²) < 4.78 is 0.378. The molecular weight excluding hydrogens is 144 g/mol. The number of quaternary nitrogens is 1. The molecule has 1 aliphatic heterocycles. The molecular formula is C7H15N2O2+. The smallest absolute Gasteiger partial charge is 0.327 e. The molecule has 0 aromatic rings. The highest BCUT2D eigenvalue weighted by Gasteiger charge is 2.33. The Morgan fingerprint density at radius 3 is 3.00 bits per heavy atom. The summed E-state index contributed by atoms with van der Waals surface area (Å²) in [6, 6.07) is 0. The van der Waals surface area contributed by atoms with E-state index in [4.69, 9.17) is 5.11 Å². The lowest BCUT2D eigenvalue weighted by Gasteiger charge is -2.34. The zero-order valence-corrected chi connectivity index (χ0v) is 6.84. The normalized spacial score (nSPS) is 32.4. The molecule has 64 valence electrons. The van der Waals surface area contributed by atoms with Crippen LogP contribution in [0.25, 0.3) is 0 Å². The summed E-state index contributed by atoms with van der Waals surface area (Å²) in [5.41, 5.74) is 0. The third-order valence-corrected chi connectivity index (χ3v) is 2.25. The predicted molar refractivity (Wildman–Crippen MR) is 40.9 cm³/mol. The summed E-state index contributed by atoms with van der Waals surface area (Å²) in [6.45, 7) is 2.72. The van der Waals surface area contributed by atoms with Crippen LogP contribution >= 0.6 is 0 Å². The fourth-order valence-electron chi connectivity index (χ4n) is 1.29. The van der Waals surface area contributed by atoms with Gasteiger partial charge in [-0.2, -0.15) is 0 Å². The average Bonchev–Trinajstić information content (AvgIpc) is 1.96. The lowest BCUT2D eigenvalue weighted by Crippen LogP contribution is -2.61. The SMILES string of the molecule is C[N+]1(CCO)CCNCC1=O. The Morgan fingerprint density at radius 1 is 1.73 bits per heavy atom. The molecule has 1 atom stereocenters. The molecule has 1 saturated heterocycles. The lowest BCUT2D eigenvalue weighted by atomic mass is 10.3. The van der Waals surface area contributed by atoms with Crippen molar-refractivity contribution in [3.8, 4) is 0 Å². The van der Waals surface area contributed by atoms with Crippen molar-refractivity contribution in [3.63, 3.8) is 0 Å². The topological polar surface area (TPSA) is 49.3 Å². The van der Waals surface area contributed by atoms with Gasteiger partial charge in [0.05, 0.1) is 20.2 Å². The number of hydrogen-bond acceptors (Lipinski definition) is 3. The van der Waals surface area contributed by atoms with Gasteiger partial charge in [0.15, 0.2) is 0 Å². The number of nitrogens with zero attached hydrogens (tertiary/aromatic N) is 1. The van der Waals surface area contributed by atoms with Crippen LogP contribution in [0.2, 0.25) is 0 Å². The van der Waals surface area contributed by atoms with Crippen LogP contribution in [0, 0.1) is 0 Å². The first kappa shape index (κ1) is 8.64. The van der Waals surface area contributed by atoms with Crippen LogP contribution in [0.15, 0.2) is 0 Å². The van der Waals surface area contributed by atoms with Crippen LogP contribution in [-0.4, -0.2) is 55.3 Å². The van der Waals surface area contributed by atoms with Crippen molar-refractivity contribution in [1.29, 1.82) is 0 Å². The van der Waals surface area contributed by atoms with Gasteiger partial charge in [-0.3, -0.25) is 9.80 Å². The number of hydrogen-bond donors (Lipinski definition) is 2. The zero-order chi connectivity index (χ0) is 8.32. The number of carbonyl (C=O) groups is 1. The summed E-state index contributed by atoms with van der Waals surface area (Å²) in [6.07, 6.45) is 0. The molecule has 11 heavy (non-hydrogen) atoms. The van der Waals surface area contributed by atoms with Crippen molar-refractivity contribution in [2.75, 3.05) is 39.8 Å². The van der Waals surface area contributed by atoms with Crippen LogP contribution in [0.1, 0.15) is 0 Å². The molecule has 1 rings (SSSR count). The molecule has 0 radical (unpaired) electrons. The molecule has 4 nitrogen and oxygen atoms in total. The third-order valence-electron chi connectivity index (χ3n) is 2.25. The van der Waals surface area contributed by atoms with E-state index in [1.807, 2.05) is 7.05 Å². The molecule has 2 N–H and O–H groups in total.